The number of likely N-dealkylation sites (N-methyl/N-ethyl adjacent to an activating group) is 1. The van der Waals surface area contributed by atoms with Crippen LogP contribution in [0.1, 0.15) is 40.5 Å². The van der Waals surface area contributed by atoms with Crippen LogP contribution in [0.5, 0.6) is 0 Å². The number of guanidine groups is 1. The lowest BCUT2D eigenvalue weighted by Gasteiger charge is -2.30. The number of ether oxygens (including phenoxy) is 1. The Balaban J connectivity index is 2.39. The van der Waals surface area contributed by atoms with E-state index in [9.17, 15) is 0 Å². The molecule has 0 aromatic rings. The Morgan fingerprint density at radius 2 is 2.10 bits per heavy atom. The molecule has 0 aliphatic carbocycles. The zero-order chi connectivity index (χ0) is 15.9. The lowest BCUT2D eigenvalue weighted by Crippen LogP contribution is -2.48. The molecule has 0 aromatic carbocycles. The summed E-state index contributed by atoms with van der Waals surface area (Å²) in [5.74, 6) is 0.865. The Morgan fingerprint density at radius 1 is 1.38 bits per heavy atom. The highest BCUT2D eigenvalue weighted by Crippen LogP contribution is 2.21. The molecule has 0 amide bonds. The van der Waals surface area contributed by atoms with Crippen molar-refractivity contribution in [1.29, 1.82) is 0 Å². The number of aliphatic imine (C=N–C) groups is 1. The Labute approximate surface area is 130 Å². The van der Waals surface area contributed by atoms with E-state index in [0.717, 1.165) is 25.6 Å². The van der Waals surface area contributed by atoms with Crippen LogP contribution >= 0.6 is 0 Å². The van der Waals surface area contributed by atoms with E-state index in [4.69, 9.17) is 4.74 Å². The van der Waals surface area contributed by atoms with E-state index in [1.807, 2.05) is 7.05 Å². The second kappa shape index (κ2) is 8.59. The molecule has 2 N–H and O–H groups in total. The van der Waals surface area contributed by atoms with Crippen LogP contribution in [0.2, 0.25) is 0 Å². The van der Waals surface area contributed by atoms with Crippen molar-refractivity contribution in [2.75, 3.05) is 40.3 Å². The fourth-order valence-corrected chi connectivity index (χ4v) is 2.91. The number of methoxy groups -OCH3 is 1. The van der Waals surface area contributed by atoms with Gasteiger partial charge in [0, 0.05) is 33.3 Å². The second-order valence-electron chi connectivity index (χ2n) is 6.85. The molecule has 2 atom stereocenters. The van der Waals surface area contributed by atoms with Gasteiger partial charge in [-0.05, 0) is 31.3 Å². The van der Waals surface area contributed by atoms with Crippen molar-refractivity contribution in [1.82, 2.24) is 15.5 Å². The third kappa shape index (κ3) is 5.83. The highest BCUT2D eigenvalue weighted by atomic mass is 16.5. The first kappa shape index (κ1) is 18.2. The third-order valence-electron chi connectivity index (χ3n) is 4.34. The van der Waals surface area contributed by atoms with Crippen molar-refractivity contribution < 1.29 is 4.74 Å². The highest BCUT2D eigenvalue weighted by Gasteiger charge is 2.25. The second-order valence-corrected chi connectivity index (χ2v) is 6.85. The van der Waals surface area contributed by atoms with Crippen LogP contribution in [0.25, 0.3) is 0 Å². The van der Waals surface area contributed by atoms with Crippen LogP contribution in [-0.4, -0.2) is 63.3 Å². The molecule has 5 nitrogen and oxygen atoms in total. The molecule has 1 fully saturated rings. The van der Waals surface area contributed by atoms with E-state index in [-0.39, 0.29) is 11.5 Å². The summed E-state index contributed by atoms with van der Waals surface area (Å²) in [6.45, 7) is 12.9. The minimum absolute atomic E-state index is 0.116. The van der Waals surface area contributed by atoms with Crippen molar-refractivity contribution in [2.24, 2.45) is 10.4 Å². The molecule has 0 radical (unpaired) electrons. The number of hydrogen-bond acceptors (Lipinski definition) is 3. The molecule has 1 saturated heterocycles. The normalized spacial score (nSPS) is 22.4. The molecule has 124 valence electrons. The summed E-state index contributed by atoms with van der Waals surface area (Å²) in [4.78, 5) is 6.84. The van der Waals surface area contributed by atoms with Gasteiger partial charge in [-0.15, -0.1) is 0 Å². The highest BCUT2D eigenvalue weighted by molar-refractivity contribution is 5.79. The van der Waals surface area contributed by atoms with Gasteiger partial charge in [-0.2, -0.15) is 0 Å². The zero-order valence-corrected chi connectivity index (χ0v) is 14.7. The summed E-state index contributed by atoms with van der Waals surface area (Å²) in [6.07, 6.45) is 2.75. The summed E-state index contributed by atoms with van der Waals surface area (Å²) in [6, 6.07) is 0.634. The average molecular weight is 298 g/mol. The Kier molecular flexibility index (Phi) is 7.46. The van der Waals surface area contributed by atoms with Crippen LogP contribution < -0.4 is 10.6 Å². The molecule has 1 aliphatic heterocycles. The molecule has 0 aromatic heterocycles. The first-order valence-corrected chi connectivity index (χ1v) is 8.13. The molecule has 1 rings (SSSR count). The minimum atomic E-state index is 0.116. The fourth-order valence-electron chi connectivity index (χ4n) is 2.91. The largest absolute Gasteiger partial charge is 0.379 e. The van der Waals surface area contributed by atoms with E-state index in [2.05, 4.69) is 48.2 Å². The van der Waals surface area contributed by atoms with Gasteiger partial charge in [-0.3, -0.25) is 9.89 Å². The quantitative estimate of drug-likeness (QED) is 0.579. The van der Waals surface area contributed by atoms with E-state index < -0.39 is 0 Å². The lowest BCUT2D eigenvalue weighted by molar-refractivity contribution is 0.0205. The molecular weight excluding hydrogens is 264 g/mol. The third-order valence-corrected chi connectivity index (χ3v) is 4.34. The van der Waals surface area contributed by atoms with Crippen LogP contribution in [-0.2, 0) is 4.74 Å². The first-order valence-electron chi connectivity index (χ1n) is 8.13. The van der Waals surface area contributed by atoms with Gasteiger partial charge >= 0.3 is 0 Å². The van der Waals surface area contributed by atoms with Crippen LogP contribution in [0.15, 0.2) is 4.99 Å². The summed E-state index contributed by atoms with van der Waals surface area (Å²) >= 11 is 0. The molecule has 2 unspecified atom stereocenters. The van der Waals surface area contributed by atoms with Gasteiger partial charge in [-0.25, -0.2) is 0 Å². The maximum atomic E-state index is 5.57. The van der Waals surface area contributed by atoms with Crippen LogP contribution in [0.3, 0.4) is 0 Å². The van der Waals surface area contributed by atoms with Crippen LogP contribution in [0.4, 0.5) is 0 Å². The fraction of sp³-hybridized carbons (Fsp3) is 0.938. The van der Waals surface area contributed by atoms with Gasteiger partial charge in [-0.1, -0.05) is 27.7 Å². The van der Waals surface area contributed by atoms with Crippen molar-refractivity contribution in [2.45, 2.75) is 52.7 Å². The smallest absolute Gasteiger partial charge is 0.191 e. The number of nitrogens with zero attached hydrogens (tertiary/aromatic N) is 2. The molecule has 21 heavy (non-hydrogen) atoms. The molecule has 0 bridgehead atoms. The molecule has 1 heterocycles. The number of rotatable bonds is 6. The maximum absolute atomic E-state index is 5.57. The summed E-state index contributed by atoms with van der Waals surface area (Å²) in [5, 5.41) is 6.83. The van der Waals surface area contributed by atoms with E-state index in [1.165, 1.54) is 19.4 Å². The predicted molar refractivity (Wildman–Crippen MR) is 89.9 cm³/mol. The first-order chi connectivity index (χ1) is 9.92. The number of nitrogens with one attached hydrogen (secondary N) is 2. The van der Waals surface area contributed by atoms with Gasteiger partial charge in [0.05, 0.1) is 6.10 Å². The average Bonchev–Trinajstić information content (AvgIpc) is 2.88. The SMILES string of the molecule is CCN1CCCC1CNC(=NC)NCC(OC)C(C)(C)C. The van der Waals surface area contributed by atoms with Crippen molar-refractivity contribution in [3.8, 4) is 0 Å². The number of hydrogen-bond donors (Lipinski definition) is 2. The molecular formula is C16H34N4O. The lowest BCUT2D eigenvalue weighted by atomic mass is 9.89. The van der Waals surface area contributed by atoms with Crippen molar-refractivity contribution in [3.63, 3.8) is 0 Å². The van der Waals surface area contributed by atoms with E-state index in [0.29, 0.717) is 6.04 Å². The number of likely N-dealkylation sites (tertiary alicyclic amines) is 1. The van der Waals surface area contributed by atoms with E-state index in [1.54, 1.807) is 7.11 Å². The Bertz CT molecular complexity index is 325. The monoisotopic (exact) mass is 298 g/mol. The molecule has 0 saturated carbocycles. The minimum Gasteiger partial charge on any atom is -0.379 e. The van der Waals surface area contributed by atoms with E-state index >= 15 is 0 Å². The summed E-state index contributed by atoms with van der Waals surface area (Å²) in [7, 11) is 3.59. The topological polar surface area (TPSA) is 48.9 Å². The van der Waals surface area contributed by atoms with Gasteiger partial charge < -0.3 is 15.4 Å². The molecule has 1 aliphatic rings. The van der Waals surface area contributed by atoms with Gasteiger partial charge in [0.1, 0.15) is 0 Å². The molecule has 5 heteroatoms. The zero-order valence-electron chi connectivity index (χ0n) is 14.7. The maximum Gasteiger partial charge on any atom is 0.191 e. The predicted octanol–water partition coefficient (Wildman–Crippen LogP) is 1.70. The Hall–Kier alpha value is -0.810. The Morgan fingerprint density at radius 3 is 2.62 bits per heavy atom. The summed E-state index contributed by atoms with van der Waals surface area (Å²) in [5.41, 5.74) is 0.116. The van der Waals surface area contributed by atoms with Gasteiger partial charge in [0.2, 0.25) is 0 Å². The van der Waals surface area contributed by atoms with Crippen molar-refractivity contribution >= 4 is 5.96 Å². The standard InChI is InChI=1S/C16H34N4O/c1-7-20-10-8-9-13(20)11-18-15(17-5)19-12-14(21-6)16(2,3)4/h13-14H,7-12H2,1-6H3,(H2,17,18,19). The molecule has 0 spiro atoms. The van der Waals surface area contributed by atoms with Crippen molar-refractivity contribution in [3.05, 3.63) is 0 Å². The van der Waals surface area contributed by atoms with Gasteiger partial charge in [0.15, 0.2) is 5.96 Å². The van der Waals surface area contributed by atoms with Gasteiger partial charge in [0.25, 0.3) is 0 Å². The van der Waals surface area contributed by atoms with Crippen LogP contribution in [0, 0.1) is 5.41 Å². The summed E-state index contributed by atoms with van der Waals surface area (Å²) < 4.78 is 5.57.